The highest BCUT2D eigenvalue weighted by atomic mass is 32.1. The van der Waals surface area contributed by atoms with E-state index in [1.807, 2.05) is 18.4 Å². The van der Waals surface area contributed by atoms with E-state index in [-0.39, 0.29) is 5.56 Å². The Hall–Kier alpha value is -1.46. The predicted octanol–water partition coefficient (Wildman–Crippen LogP) is 3.84. The summed E-state index contributed by atoms with van der Waals surface area (Å²) in [5.41, 5.74) is 1.06. The molecule has 0 aliphatic heterocycles. The fourth-order valence-corrected chi connectivity index (χ4v) is 4.21. The first-order chi connectivity index (χ1) is 9.24. The van der Waals surface area contributed by atoms with E-state index >= 15 is 0 Å². The number of fused-ring (bicyclic) bond motifs is 1. The van der Waals surface area contributed by atoms with Gasteiger partial charge in [-0.05, 0) is 17.9 Å². The van der Waals surface area contributed by atoms with Crippen LogP contribution in [0.3, 0.4) is 0 Å². The Labute approximate surface area is 119 Å². The highest BCUT2D eigenvalue weighted by Crippen LogP contribution is 2.38. The van der Waals surface area contributed by atoms with Crippen molar-refractivity contribution in [3.63, 3.8) is 0 Å². The quantitative estimate of drug-likeness (QED) is 0.796. The number of hydrogen-bond acceptors (Lipinski definition) is 4. The molecular formula is C14H14N2OS2. The van der Waals surface area contributed by atoms with Crippen molar-refractivity contribution in [3.05, 3.63) is 38.6 Å². The van der Waals surface area contributed by atoms with E-state index in [0.717, 1.165) is 39.3 Å². The summed E-state index contributed by atoms with van der Waals surface area (Å²) in [7, 11) is 0. The van der Waals surface area contributed by atoms with Gasteiger partial charge in [0.2, 0.25) is 0 Å². The van der Waals surface area contributed by atoms with Crippen LogP contribution in [0.4, 0.5) is 0 Å². The van der Waals surface area contributed by atoms with Crippen molar-refractivity contribution in [2.45, 2.75) is 26.7 Å². The molecule has 19 heavy (non-hydrogen) atoms. The van der Waals surface area contributed by atoms with Crippen molar-refractivity contribution >= 4 is 32.9 Å². The third-order valence-electron chi connectivity index (χ3n) is 3.11. The van der Waals surface area contributed by atoms with Gasteiger partial charge in [-0.15, -0.1) is 22.7 Å². The van der Waals surface area contributed by atoms with Gasteiger partial charge >= 0.3 is 0 Å². The lowest BCUT2D eigenvalue weighted by Gasteiger charge is -1.99. The van der Waals surface area contributed by atoms with E-state index in [1.54, 1.807) is 22.7 Å². The van der Waals surface area contributed by atoms with E-state index in [1.165, 1.54) is 4.88 Å². The van der Waals surface area contributed by atoms with Crippen LogP contribution in [0.15, 0.2) is 22.3 Å². The van der Waals surface area contributed by atoms with Crippen molar-refractivity contribution < 1.29 is 0 Å². The topological polar surface area (TPSA) is 45.8 Å². The first kappa shape index (κ1) is 12.6. The Kier molecular flexibility index (Phi) is 3.24. The maximum absolute atomic E-state index is 12.3. The molecule has 3 heterocycles. The summed E-state index contributed by atoms with van der Waals surface area (Å²) in [4.78, 5) is 23.0. The molecule has 3 aromatic heterocycles. The molecule has 0 radical (unpaired) electrons. The molecule has 0 fully saturated rings. The largest absolute Gasteiger partial charge is 0.310 e. The molecule has 98 valence electrons. The van der Waals surface area contributed by atoms with Crippen LogP contribution >= 0.6 is 22.7 Å². The summed E-state index contributed by atoms with van der Waals surface area (Å²) in [6.45, 7) is 4.12. The van der Waals surface area contributed by atoms with Gasteiger partial charge in [-0.3, -0.25) is 4.79 Å². The third-order valence-corrected chi connectivity index (χ3v) is 5.22. The third kappa shape index (κ3) is 2.03. The fourth-order valence-electron chi connectivity index (χ4n) is 2.20. The molecule has 3 nitrogen and oxygen atoms in total. The first-order valence-corrected chi connectivity index (χ1v) is 8.02. The Morgan fingerprint density at radius 2 is 2.16 bits per heavy atom. The van der Waals surface area contributed by atoms with Crippen LogP contribution in [0.2, 0.25) is 0 Å². The summed E-state index contributed by atoms with van der Waals surface area (Å²) in [6, 6.07) is 4.09. The molecule has 0 amide bonds. The Morgan fingerprint density at radius 1 is 1.32 bits per heavy atom. The van der Waals surface area contributed by atoms with Crippen molar-refractivity contribution in [2.75, 3.05) is 0 Å². The van der Waals surface area contributed by atoms with Crippen molar-refractivity contribution in [3.8, 4) is 10.4 Å². The highest BCUT2D eigenvalue weighted by Gasteiger charge is 2.18. The van der Waals surface area contributed by atoms with Gasteiger partial charge in [-0.1, -0.05) is 19.9 Å². The molecule has 1 N–H and O–H groups in total. The molecule has 3 aromatic rings. The SMILES string of the molecule is CCc1nc2sc(CC)c(-c3cccs3)c2c(=O)[nH]1. The summed E-state index contributed by atoms with van der Waals surface area (Å²) in [5.74, 6) is 0.763. The van der Waals surface area contributed by atoms with E-state index < -0.39 is 0 Å². The van der Waals surface area contributed by atoms with Gasteiger partial charge in [0, 0.05) is 21.7 Å². The number of aromatic amines is 1. The molecule has 0 bridgehead atoms. The van der Waals surface area contributed by atoms with Crippen LogP contribution in [0.1, 0.15) is 24.5 Å². The van der Waals surface area contributed by atoms with Crippen LogP contribution in [0.5, 0.6) is 0 Å². The second-order valence-electron chi connectivity index (χ2n) is 4.28. The van der Waals surface area contributed by atoms with Crippen LogP contribution < -0.4 is 5.56 Å². The second-order valence-corrected chi connectivity index (χ2v) is 6.31. The molecule has 3 rings (SSSR count). The van der Waals surface area contributed by atoms with Gasteiger partial charge in [0.25, 0.3) is 5.56 Å². The molecule has 0 saturated carbocycles. The number of nitrogens with zero attached hydrogens (tertiary/aromatic N) is 1. The fraction of sp³-hybridized carbons (Fsp3) is 0.286. The molecule has 0 atom stereocenters. The lowest BCUT2D eigenvalue weighted by molar-refractivity contribution is 0.948. The van der Waals surface area contributed by atoms with Gasteiger partial charge in [-0.25, -0.2) is 4.98 Å². The minimum Gasteiger partial charge on any atom is -0.310 e. The highest BCUT2D eigenvalue weighted by molar-refractivity contribution is 7.20. The van der Waals surface area contributed by atoms with Crippen LogP contribution in [0, 0.1) is 0 Å². The van der Waals surface area contributed by atoms with Gasteiger partial charge in [0.15, 0.2) is 0 Å². The summed E-state index contributed by atoms with van der Waals surface area (Å²) >= 11 is 3.31. The van der Waals surface area contributed by atoms with Crippen molar-refractivity contribution in [1.29, 1.82) is 0 Å². The summed E-state index contributed by atoms with van der Waals surface area (Å²) < 4.78 is 0. The molecular weight excluding hydrogens is 276 g/mol. The van der Waals surface area contributed by atoms with Crippen LogP contribution in [-0.2, 0) is 12.8 Å². The Balaban J connectivity index is 2.40. The average Bonchev–Trinajstić information content (AvgIpc) is 3.04. The second kappa shape index (κ2) is 4.90. The van der Waals surface area contributed by atoms with Crippen LogP contribution in [0.25, 0.3) is 20.7 Å². The molecule has 0 saturated heterocycles. The number of H-pyrrole nitrogens is 1. The average molecular weight is 290 g/mol. The van der Waals surface area contributed by atoms with Crippen molar-refractivity contribution in [1.82, 2.24) is 9.97 Å². The first-order valence-electron chi connectivity index (χ1n) is 6.33. The molecule has 0 spiro atoms. The lowest BCUT2D eigenvalue weighted by atomic mass is 10.1. The minimum atomic E-state index is -0.0128. The number of hydrogen-bond donors (Lipinski definition) is 1. The number of thiophene rings is 2. The molecule has 0 aliphatic rings. The zero-order chi connectivity index (χ0) is 13.4. The maximum Gasteiger partial charge on any atom is 0.260 e. The molecule has 0 aliphatic carbocycles. The number of rotatable bonds is 3. The van der Waals surface area contributed by atoms with Crippen molar-refractivity contribution in [2.24, 2.45) is 0 Å². The molecule has 5 heteroatoms. The van der Waals surface area contributed by atoms with Crippen LogP contribution in [-0.4, -0.2) is 9.97 Å². The Bertz CT molecular complexity index is 769. The standard InChI is InChI=1S/C14H14N2OS2/c1-3-8-11(9-6-5-7-18-9)12-13(17)15-10(4-2)16-14(12)19-8/h5-7H,3-4H2,1-2H3,(H,15,16,17). The van der Waals surface area contributed by atoms with E-state index in [4.69, 9.17) is 0 Å². The predicted molar refractivity (Wildman–Crippen MR) is 82.3 cm³/mol. The van der Waals surface area contributed by atoms with Gasteiger partial charge in [0.05, 0.1) is 5.39 Å². The van der Waals surface area contributed by atoms with E-state index in [2.05, 4.69) is 23.0 Å². The number of aromatic nitrogens is 2. The van der Waals surface area contributed by atoms with Gasteiger partial charge in [-0.2, -0.15) is 0 Å². The van der Waals surface area contributed by atoms with E-state index in [0.29, 0.717) is 0 Å². The zero-order valence-corrected chi connectivity index (χ0v) is 12.5. The maximum atomic E-state index is 12.3. The van der Waals surface area contributed by atoms with E-state index in [9.17, 15) is 4.79 Å². The normalized spacial score (nSPS) is 11.3. The smallest absolute Gasteiger partial charge is 0.260 e. The monoisotopic (exact) mass is 290 g/mol. The number of nitrogens with one attached hydrogen (secondary N) is 1. The van der Waals surface area contributed by atoms with Gasteiger partial charge < -0.3 is 4.98 Å². The summed E-state index contributed by atoms with van der Waals surface area (Å²) in [6.07, 6.45) is 1.67. The molecule has 0 aromatic carbocycles. The lowest BCUT2D eigenvalue weighted by Crippen LogP contribution is -2.10. The summed E-state index contributed by atoms with van der Waals surface area (Å²) in [5, 5.41) is 2.79. The zero-order valence-electron chi connectivity index (χ0n) is 10.8. The number of aryl methyl sites for hydroxylation is 2. The van der Waals surface area contributed by atoms with Gasteiger partial charge in [0.1, 0.15) is 10.7 Å². The Morgan fingerprint density at radius 3 is 2.79 bits per heavy atom. The minimum absolute atomic E-state index is 0.0128. The molecule has 0 unspecified atom stereocenters.